The highest BCUT2D eigenvalue weighted by Crippen LogP contribution is 2.32. The normalized spacial score (nSPS) is 17.9. The van der Waals surface area contributed by atoms with Crippen LogP contribution in [-0.4, -0.2) is 18.6 Å². The number of benzene rings is 1. The Morgan fingerprint density at radius 2 is 1.94 bits per heavy atom. The van der Waals surface area contributed by atoms with Crippen molar-refractivity contribution in [2.75, 3.05) is 18.0 Å². The highest BCUT2D eigenvalue weighted by Gasteiger charge is 2.32. The zero-order chi connectivity index (χ0) is 11.4. The lowest BCUT2D eigenvalue weighted by Gasteiger charge is -2.40. The molecule has 1 saturated carbocycles. The van der Waals surface area contributed by atoms with Crippen LogP contribution in [0, 0.1) is 0 Å². The van der Waals surface area contributed by atoms with Crippen molar-refractivity contribution < 1.29 is 0 Å². The quantitative estimate of drug-likeness (QED) is 0.823. The van der Waals surface area contributed by atoms with Gasteiger partial charge in [0.05, 0.1) is 0 Å². The van der Waals surface area contributed by atoms with Crippen molar-refractivity contribution in [2.24, 2.45) is 5.73 Å². The average molecular weight is 218 g/mol. The van der Waals surface area contributed by atoms with Crippen LogP contribution in [0.5, 0.6) is 0 Å². The van der Waals surface area contributed by atoms with Gasteiger partial charge in [0.25, 0.3) is 0 Å². The molecule has 0 bridgehead atoms. The van der Waals surface area contributed by atoms with Crippen LogP contribution in [0.3, 0.4) is 0 Å². The van der Waals surface area contributed by atoms with E-state index in [1.165, 1.54) is 24.9 Å². The third-order valence-corrected chi connectivity index (χ3v) is 3.73. The van der Waals surface area contributed by atoms with Gasteiger partial charge >= 0.3 is 0 Å². The van der Waals surface area contributed by atoms with Gasteiger partial charge in [-0.2, -0.15) is 0 Å². The smallest absolute Gasteiger partial charge is 0.0366 e. The van der Waals surface area contributed by atoms with Crippen molar-refractivity contribution in [3.63, 3.8) is 0 Å². The molecule has 2 heteroatoms. The van der Waals surface area contributed by atoms with Crippen LogP contribution in [0.1, 0.15) is 32.6 Å². The Kier molecular flexibility index (Phi) is 3.49. The molecule has 0 aliphatic heterocycles. The number of nitrogens with two attached hydrogens (primary N) is 1. The van der Waals surface area contributed by atoms with E-state index in [-0.39, 0.29) is 5.54 Å². The Bertz CT molecular complexity index is 317. The van der Waals surface area contributed by atoms with E-state index in [9.17, 15) is 0 Å². The van der Waals surface area contributed by atoms with Crippen molar-refractivity contribution in [1.82, 2.24) is 0 Å². The molecule has 2 N–H and O–H groups in total. The van der Waals surface area contributed by atoms with Crippen LogP contribution in [0.4, 0.5) is 5.69 Å². The highest BCUT2D eigenvalue weighted by atomic mass is 15.1. The van der Waals surface area contributed by atoms with E-state index in [2.05, 4.69) is 42.2 Å². The molecule has 0 atom stereocenters. The number of rotatable bonds is 5. The van der Waals surface area contributed by atoms with E-state index in [0.29, 0.717) is 0 Å². The standard InChI is InChI=1S/C14H22N2/c1-2-16(13-7-4-3-5-8-13)12-11-14(15)9-6-10-14/h3-5,7-8H,2,6,9-12,15H2,1H3. The van der Waals surface area contributed by atoms with Gasteiger partial charge in [0, 0.05) is 24.3 Å². The molecule has 1 fully saturated rings. The van der Waals surface area contributed by atoms with E-state index in [4.69, 9.17) is 5.73 Å². The maximum atomic E-state index is 6.26. The summed E-state index contributed by atoms with van der Waals surface area (Å²) in [5, 5.41) is 0. The zero-order valence-corrected chi connectivity index (χ0v) is 10.2. The summed E-state index contributed by atoms with van der Waals surface area (Å²) in [4.78, 5) is 2.41. The van der Waals surface area contributed by atoms with E-state index in [0.717, 1.165) is 19.5 Å². The van der Waals surface area contributed by atoms with Crippen LogP contribution in [-0.2, 0) is 0 Å². The van der Waals surface area contributed by atoms with Crippen LogP contribution < -0.4 is 10.6 Å². The molecule has 0 unspecified atom stereocenters. The van der Waals surface area contributed by atoms with Crippen molar-refractivity contribution in [2.45, 2.75) is 38.1 Å². The Hall–Kier alpha value is -1.02. The second-order valence-electron chi connectivity index (χ2n) is 4.88. The molecule has 1 aliphatic carbocycles. The number of hydrogen-bond donors (Lipinski definition) is 1. The van der Waals surface area contributed by atoms with Crippen LogP contribution >= 0.6 is 0 Å². The first kappa shape index (κ1) is 11.5. The molecule has 88 valence electrons. The van der Waals surface area contributed by atoms with Crippen molar-refractivity contribution >= 4 is 5.69 Å². The second kappa shape index (κ2) is 4.88. The molecule has 0 heterocycles. The highest BCUT2D eigenvalue weighted by molar-refractivity contribution is 5.45. The Balaban J connectivity index is 1.91. The molecule has 2 nitrogen and oxygen atoms in total. The lowest BCUT2D eigenvalue weighted by molar-refractivity contribution is 0.234. The molecule has 1 aromatic rings. The molecule has 16 heavy (non-hydrogen) atoms. The molecular formula is C14H22N2. The lowest BCUT2D eigenvalue weighted by atomic mass is 9.75. The minimum Gasteiger partial charge on any atom is -0.372 e. The molecular weight excluding hydrogens is 196 g/mol. The first-order valence-corrected chi connectivity index (χ1v) is 6.32. The summed E-state index contributed by atoms with van der Waals surface area (Å²) in [6, 6.07) is 10.6. The van der Waals surface area contributed by atoms with E-state index >= 15 is 0 Å². The van der Waals surface area contributed by atoms with E-state index in [1.807, 2.05) is 0 Å². The van der Waals surface area contributed by atoms with Gasteiger partial charge in [-0.05, 0) is 44.7 Å². The van der Waals surface area contributed by atoms with Crippen LogP contribution in [0.2, 0.25) is 0 Å². The first-order valence-electron chi connectivity index (χ1n) is 6.32. The topological polar surface area (TPSA) is 29.3 Å². The third-order valence-electron chi connectivity index (χ3n) is 3.73. The summed E-state index contributed by atoms with van der Waals surface area (Å²) in [7, 11) is 0. The van der Waals surface area contributed by atoms with Gasteiger partial charge in [-0.3, -0.25) is 0 Å². The Morgan fingerprint density at radius 3 is 2.44 bits per heavy atom. The number of anilines is 1. The summed E-state index contributed by atoms with van der Waals surface area (Å²) in [6.07, 6.45) is 4.85. The zero-order valence-electron chi connectivity index (χ0n) is 10.2. The summed E-state index contributed by atoms with van der Waals surface area (Å²) < 4.78 is 0. The van der Waals surface area contributed by atoms with Crippen molar-refractivity contribution in [1.29, 1.82) is 0 Å². The summed E-state index contributed by atoms with van der Waals surface area (Å²) in [5.74, 6) is 0. The van der Waals surface area contributed by atoms with Crippen LogP contribution in [0.15, 0.2) is 30.3 Å². The SMILES string of the molecule is CCN(CCC1(N)CCC1)c1ccccc1. The van der Waals surface area contributed by atoms with Gasteiger partial charge in [-0.15, -0.1) is 0 Å². The molecule has 1 aromatic carbocycles. The van der Waals surface area contributed by atoms with Gasteiger partial charge in [0.15, 0.2) is 0 Å². The van der Waals surface area contributed by atoms with Gasteiger partial charge in [-0.25, -0.2) is 0 Å². The fraction of sp³-hybridized carbons (Fsp3) is 0.571. The molecule has 0 amide bonds. The molecule has 0 aromatic heterocycles. The minimum atomic E-state index is 0.141. The predicted octanol–water partition coefficient (Wildman–Crippen LogP) is 2.78. The lowest BCUT2D eigenvalue weighted by Crippen LogP contribution is -2.48. The van der Waals surface area contributed by atoms with E-state index in [1.54, 1.807) is 0 Å². The molecule has 0 radical (unpaired) electrons. The summed E-state index contributed by atoms with van der Waals surface area (Å²) >= 11 is 0. The van der Waals surface area contributed by atoms with Gasteiger partial charge in [0.2, 0.25) is 0 Å². The fourth-order valence-electron chi connectivity index (χ4n) is 2.35. The fourth-order valence-corrected chi connectivity index (χ4v) is 2.35. The molecule has 1 aliphatic rings. The van der Waals surface area contributed by atoms with Crippen molar-refractivity contribution in [3.05, 3.63) is 30.3 Å². The minimum absolute atomic E-state index is 0.141. The largest absolute Gasteiger partial charge is 0.372 e. The average Bonchev–Trinajstić information content (AvgIpc) is 2.29. The summed E-state index contributed by atoms with van der Waals surface area (Å²) in [5.41, 5.74) is 7.71. The maximum absolute atomic E-state index is 6.26. The number of nitrogens with zero attached hydrogens (tertiary/aromatic N) is 1. The third kappa shape index (κ3) is 2.56. The number of hydrogen-bond acceptors (Lipinski definition) is 2. The molecule has 0 spiro atoms. The van der Waals surface area contributed by atoms with Crippen molar-refractivity contribution in [3.8, 4) is 0 Å². The van der Waals surface area contributed by atoms with E-state index < -0.39 is 0 Å². The maximum Gasteiger partial charge on any atom is 0.0366 e. The first-order chi connectivity index (χ1) is 7.73. The second-order valence-corrected chi connectivity index (χ2v) is 4.88. The predicted molar refractivity (Wildman–Crippen MR) is 69.7 cm³/mol. The Morgan fingerprint density at radius 1 is 1.25 bits per heavy atom. The molecule has 2 rings (SSSR count). The van der Waals surface area contributed by atoms with Gasteiger partial charge in [-0.1, -0.05) is 18.2 Å². The van der Waals surface area contributed by atoms with Gasteiger partial charge < -0.3 is 10.6 Å². The number of para-hydroxylation sites is 1. The monoisotopic (exact) mass is 218 g/mol. The Labute approximate surface area is 98.4 Å². The van der Waals surface area contributed by atoms with Gasteiger partial charge in [0.1, 0.15) is 0 Å². The molecule has 0 saturated heterocycles. The summed E-state index contributed by atoms with van der Waals surface area (Å²) in [6.45, 7) is 4.34. The van der Waals surface area contributed by atoms with Crippen LogP contribution in [0.25, 0.3) is 0 Å².